The van der Waals surface area contributed by atoms with Crippen LogP contribution < -0.4 is 22.1 Å². The van der Waals surface area contributed by atoms with Gasteiger partial charge >= 0.3 is 0 Å². The van der Waals surface area contributed by atoms with Gasteiger partial charge in [-0.05, 0) is 44.2 Å². The fourth-order valence-corrected chi connectivity index (χ4v) is 2.48. The second-order valence-electron chi connectivity index (χ2n) is 6.57. The Kier molecular flexibility index (Phi) is 14.3. The molecule has 2 amide bonds. The number of nitrogens with one attached hydrogen (secondary N) is 2. The molecule has 1 rings (SSSR count). The molecule has 1 unspecified atom stereocenters. The van der Waals surface area contributed by atoms with Crippen molar-refractivity contribution < 1.29 is 14.0 Å². The smallest absolute Gasteiger partial charge is 0.219 e. The second kappa shape index (κ2) is 15.6. The molecule has 0 heterocycles. The van der Waals surface area contributed by atoms with Gasteiger partial charge in [0.25, 0.3) is 0 Å². The lowest BCUT2D eigenvalue weighted by Crippen LogP contribution is -2.30. The summed E-state index contributed by atoms with van der Waals surface area (Å²) in [6, 6.07) is 4.98. The van der Waals surface area contributed by atoms with Crippen molar-refractivity contribution in [2.45, 2.75) is 57.9 Å². The number of nitrogens with two attached hydrogens (primary N) is 2. The van der Waals surface area contributed by atoms with Crippen LogP contribution in [0.1, 0.15) is 51.0 Å². The maximum Gasteiger partial charge on any atom is 0.219 e. The molecule has 0 saturated heterocycles. The maximum absolute atomic E-state index is 14.5. The zero-order valence-corrected chi connectivity index (χ0v) is 17.1. The van der Waals surface area contributed by atoms with Crippen LogP contribution in [0.5, 0.6) is 0 Å². The van der Waals surface area contributed by atoms with Crippen molar-refractivity contribution in [2.75, 3.05) is 18.9 Å². The summed E-state index contributed by atoms with van der Waals surface area (Å²) < 4.78 is 14.5. The number of hydrogen-bond acceptors (Lipinski definition) is 4. The third kappa shape index (κ3) is 12.1. The summed E-state index contributed by atoms with van der Waals surface area (Å²) in [6.07, 6.45) is 6.08. The Bertz CT molecular complexity index is 608. The van der Waals surface area contributed by atoms with Crippen LogP contribution in [-0.4, -0.2) is 31.4 Å². The number of halogens is 1. The Labute approximate surface area is 167 Å². The van der Waals surface area contributed by atoms with Crippen molar-refractivity contribution >= 4 is 17.5 Å². The van der Waals surface area contributed by atoms with E-state index in [2.05, 4.69) is 17.2 Å². The summed E-state index contributed by atoms with van der Waals surface area (Å²) in [5.41, 5.74) is 12.0. The molecule has 1 aromatic carbocycles. The predicted octanol–water partition coefficient (Wildman–Crippen LogP) is 2.87. The van der Waals surface area contributed by atoms with E-state index >= 15 is 0 Å². The lowest BCUT2D eigenvalue weighted by molar-refractivity contribution is -0.120. The minimum absolute atomic E-state index is 0.0325. The number of hydrogen-bond donors (Lipinski definition) is 4. The number of anilines is 1. The summed E-state index contributed by atoms with van der Waals surface area (Å²) in [5, 5.41) is 5.58. The second-order valence-corrected chi connectivity index (χ2v) is 6.57. The van der Waals surface area contributed by atoms with E-state index in [4.69, 9.17) is 11.5 Å². The molecule has 0 spiro atoms. The van der Waals surface area contributed by atoms with Gasteiger partial charge in [-0.3, -0.25) is 9.59 Å². The zero-order valence-electron chi connectivity index (χ0n) is 17.1. The number of amides is 2. The molecular weight excluding hydrogens is 359 g/mol. The van der Waals surface area contributed by atoms with Gasteiger partial charge < -0.3 is 22.1 Å². The van der Waals surface area contributed by atoms with Gasteiger partial charge in [0.15, 0.2) is 0 Å². The summed E-state index contributed by atoms with van der Waals surface area (Å²) in [4.78, 5) is 21.9. The van der Waals surface area contributed by atoms with E-state index in [9.17, 15) is 14.0 Å². The first-order valence-electron chi connectivity index (χ1n) is 9.68. The zero-order chi connectivity index (χ0) is 21.4. The summed E-state index contributed by atoms with van der Waals surface area (Å²) in [7, 11) is 1.62. The number of carbonyl (C=O) groups excluding carboxylic acids is 2. The Hall–Kier alpha value is -2.41. The number of benzene rings is 1. The topological polar surface area (TPSA) is 110 Å². The first-order chi connectivity index (χ1) is 13.3. The lowest BCUT2D eigenvalue weighted by atomic mass is 10.0. The molecular formula is C21H35FN4O2. The van der Waals surface area contributed by atoms with Crippen molar-refractivity contribution in [2.24, 2.45) is 11.5 Å². The minimum atomic E-state index is -0.389. The fraction of sp³-hybridized carbons (Fsp3) is 0.524. The van der Waals surface area contributed by atoms with E-state index in [0.717, 1.165) is 19.3 Å². The molecule has 0 aliphatic rings. The van der Waals surface area contributed by atoms with Gasteiger partial charge in [-0.1, -0.05) is 24.6 Å². The average molecular weight is 395 g/mol. The molecule has 6 N–H and O–H groups in total. The normalized spacial score (nSPS) is 11.0. The number of aryl methyl sites for hydroxylation is 1. The highest BCUT2D eigenvalue weighted by Gasteiger charge is 2.10. The first-order valence-corrected chi connectivity index (χ1v) is 9.68. The van der Waals surface area contributed by atoms with Crippen molar-refractivity contribution in [3.8, 4) is 0 Å². The molecule has 0 aromatic heterocycles. The molecule has 0 aliphatic carbocycles. The Balaban J connectivity index is 0.00000227. The number of allylic oxidation sites excluding steroid dienone is 1. The molecule has 158 valence electrons. The van der Waals surface area contributed by atoms with Crippen molar-refractivity contribution in [3.05, 3.63) is 42.2 Å². The van der Waals surface area contributed by atoms with Crippen LogP contribution in [0.3, 0.4) is 0 Å². The van der Waals surface area contributed by atoms with Crippen LogP contribution in [0, 0.1) is 5.82 Å². The van der Waals surface area contributed by atoms with Gasteiger partial charge in [0.05, 0.1) is 5.69 Å². The van der Waals surface area contributed by atoms with E-state index in [1.807, 2.05) is 6.92 Å². The highest BCUT2D eigenvalue weighted by atomic mass is 19.1. The molecule has 7 heteroatoms. The van der Waals surface area contributed by atoms with E-state index in [1.165, 1.54) is 0 Å². The van der Waals surface area contributed by atoms with Gasteiger partial charge in [-0.2, -0.15) is 0 Å². The van der Waals surface area contributed by atoms with Gasteiger partial charge in [0.1, 0.15) is 5.82 Å². The molecule has 0 bridgehead atoms. The minimum Gasteiger partial charge on any atom is -0.381 e. The largest absolute Gasteiger partial charge is 0.381 e. The third-order valence-corrected chi connectivity index (χ3v) is 4.02. The van der Waals surface area contributed by atoms with Crippen molar-refractivity contribution in [1.29, 1.82) is 0 Å². The SMILES string of the molecule is C=CC.CNC(=O)CCCCCc1cccc(NCC(N)CCC(N)=O)c1F. The van der Waals surface area contributed by atoms with Crippen molar-refractivity contribution in [3.63, 3.8) is 0 Å². The lowest BCUT2D eigenvalue weighted by Gasteiger charge is -2.15. The van der Waals surface area contributed by atoms with E-state index in [1.54, 1.807) is 31.3 Å². The molecule has 28 heavy (non-hydrogen) atoms. The monoisotopic (exact) mass is 394 g/mol. The molecule has 0 saturated carbocycles. The first kappa shape index (κ1) is 25.6. The Morgan fingerprint density at radius 2 is 1.93 bits per heavy atom. The Morgan fingerprint density at radius 1 is 1.25 bits per heavy atom. The highest BCUT2D eigenvalue weighted by molar-refractivity contribution is 5.75. The van der Waals surface area contributed by atoms with Gasteiger partial charge in [-0.15, -0.1) is 6.58 Å². The van der Waals surface area contributed by atoms with Crippen LogP contribution in [0.25, 0.3) is 0 Å². The van der Waals surface area contributed by atoms with E-state index in [-0.39, 0.29) is 30.1 Å². The maximum atomic E-state index is 14.5. The number of rotatable bonds is 12. The van der Waals surface area contributed by atoms with E-state index < -0.39 is 0 Å². The van der Waals surface area contributed by atoms with Crippen LogP contribution in [-0.2, 0) is 16.0 Å². The molecule has 0 aliphatic heterocycles. The molecule has 1 aromatic rings. The highest BCUT2D eigenvalue weighted by Crippen LogP contribution is 2.20. The van der Waals surface area contributed by atoms with Gasteiger partial charge in [-0.25, -0.2) is 4.39 Å². The van der Waals surface area contributed by atoms with Gasteiger partial charge in [0.2, 0.25) is 11.8 Å². The number of primary amides is 1. The standard InChI is InChI=1S/C18H29FN4O2.C3H6/c1-22-17(25)9-4-2-3-6-13-7-5-8-15(18(13)19)23-12-14(20)10-11-16(21)24;1-3-2/h5,7-8,14,23H,2-4,6,9-12,20H2,1H3,(H2,21,24)(H,22,25);3H,1H2,2H3. The Morgan fingerprint density at radius 3 is 2.54 bits per heavy atom. The van der Waals surface area contributed by atoms with Crippen LogP contribution in [0.2, 0.25) is 0 Å². The quantitative estimate of drug-likeness (QED) is 0.323. The molecule has 6 nitrogen and oxygen atoms in total. The van der Waals surface area contributed by atoms with Gasteiger partial charge in [0, 0.05) is 32.5 Å². The molecule has 1 atom stereocenters. The van der Waals surface area contributed by atoms with Crippen LogP contribution in [0.4, 0.5) is 10.1 Å². The van der Waals surface area contributed by atoms with Crippen molar-refractivity contribution in [1.82, 2.24) is 5.32 Å². The average Bonchev–Trinajstić information content (AvgIpc) is 2.66. The van der Waals surface area contributed by atoms with E-state index in [0.29, 0.717) is 37.1 Å². The third-order valence-electron chi connectivity index (χ3n) is 4.02. The summed E-state index contributed by atoms with van der Waals surface area (Å²) in [6.45, 7) is 5.62. The molecule has 0 fully saturated rings. The fourth-order valence-electron chi connectivity index (χ4n) is 2.48. The summed E-state index contributed by atoms with van der Waals surface area (Å²) >= 11 is 0. The summed E-state index contributed by atoms with van der Waals surface area (Å²) in [5.74, 6) is -0.624. The van der Waals surface area contributed by atoms with Crippen LogP contribution >= 0.6 is 0 Å². The number of carbonyl (C=O) groups is 2. The predicted molar refractivity (Wildman–Crippen MR) is 113 cm³/mol. The number of unbranched alkanes of at least 4 members (excludes halogenated alkanes) is 2. The molecule has 0 radical (unpaired) electrons. The van der Waals surface area contributed by atoms with Crippen LogP contribution in [0.15, 0.2) is 30.9 Å².